The van der Waals surface area contributed by atoms with Crippen LogP contribution in [0.25, 0.3) is 0 Å². The van der Waals surface area contributed by atoms with Crippen molar-refractivity contribution >= 4 is 0 Å². The van der Waals surface area contributed by atoms with Crippen LogP contribution in [0.5, 0.6) is 0 Å². The highest BCUT2D eigenvalue weighted by Crippen LogP contribution is 2.09. The molecule has 0 saturated heterocycles. The SMILES string of the molecule is CC(C)=CCC/C(C)=C/CCC(O)C#N. The topological polar surface area (TPSA) is 44.0 Å². The van der Waals surface area contributed by atoms with Crippen LogP contribution >= 0.6 is 0 Å². The molecule has 0 spiro atoms. The fourth-order valence-corrected chi connectivity index (χ4v) is 1.24. The molecule has 0 bridgehead atoms. The van der Waals surface area contributed by atoms with Gasteiger partial charge in [-0.05, 0) is 46.5 Å². The summed E-state index contributed by atoms with van der Waals surface area (Å²) in [6.45, 7) is 6.29. The van der Waals surface area contributed by atoms with E-state index >= 15 is 0 Å². The zero-order valence-corrected chi connectivity index (χ0v) is 9.95. The second kappa shape index (κ2) is 8.26. The minimum Gasteiger partial charge on any atom is -0.378 e. The predicted molar refractivity (Wildman–Crippen MR) is 63.3 cm³/mol. The molecule has 0 aromatic heterocycles. The molecule has 0 saturated carbocycles. The van der Waals surface area contributed by atoms with Gasteiger partial charge in [0.25, 0.3) is 0 Å². The zero-order chi connectivity index (χ0) is 11.7. The first-order valence-corrected chi connectivity index (χ1v) is 5.43. The monoisotopic (exact) mass is 207 g/mol. The van der Waals surface area contributed by atoms with Gasteiger partial charge in [0.2, 0.25) is 0 Å². The van der Waals surface area contributed by atoms with E-state index in [1.54, 1.807) is 0 Å². The molecular weight excluding hydrogens is 186 g/mol. The van der Waals surface area contributed by atoms with Crippen LogP contribution in [0.1, 0.15) is 46.5 Å². The van der Waals surface area contributed by atoms with E-state index in [0.717, 1.165) is 19.3 Å². The standard InChI is InChI=1S/C13H21NO/c1-11(2)6-4-7-12(3)8-5-9-13(15)10-14/h6,8,13,15H,4-5,7,9H2,1-3H3/b12-8+. The van der Waals surface area contributed by atoms with Gasteiger partial charge in [-0.25, -0.2) is 0 Å². The van der Waals surface area contributed by atoms with E-state index in [9.17, 15) is 0 Å². The summed E-state index contributed by atoms with van der Waals surface area (Å²) in [4.78, 5) is 0. The van der Waals surface area contributed by atoms with Crippen LogP contribution in [0.2, 0.25) is 0 Å². The van der Waals surface area contributed by atoms with Crippen molar-refractivity contribution in [3.05, 3.63) is 23.3 Å². The quantitative estimate of drug-likeness (QED) is 0.536. The van der Waals surface area contributed by atoms with Gasteiger partial charge in [-0.15, -0.1) is 0 Å². The van der Waals surface area contributed by atoms with E-state index in [1.807, 2.05) is 6.07 Å². The summed E-state index contributed by atoms with van der Waals surface area (Å²) < 4.78 is 0. The number of hydrogen-bond donors (Lipinski definition) is 1. The fourth-order valence-electron chi connectivity index (χ4n) is 1.24. The van der Waals surface area contributed by atoms with E-state index < -0.39 is 6.10 Å². The summed E-state index contributed by atoms with van der Waals surface area (Å²) in [6.07, 6.45) is 6.98. The Kier molecular flexibility index (Phi) is 7.67. The molecule has 1 unspecified atom stereocenters. The van der Waals surface area contributed by atoms with Crippen molar-refractivity contribution in [1.82, 2.24) is 0 Å². The molecule has 0 aliphatic heterocycles. The third kappa shape index (κ3) is 9.24. The molecule has 0 radical (unpaired) electrons. The maximum atomic E-state index is 9.02. The number of rotatable bonds is 6. The molecule has 0 aromatic rings. The number of aliphatic hydroxyl groups excluding tert-OH is 1. The highest BCUT2D eigenvalue weighted by molar-refractivity contribution is 5.02. The summed E-state index contributed by atoms with van der Waals surface area (Å²) in [7, 11) is 0. The van der Waals surface area contributed by atoms with Crippen molar-refractivity contribution < 1.29 is 5.11 Å². The summed E-state index contributed by atoms with van der Waals surface area (Å²) >= 11 is 0. The molecule has 0 heterocycles. The average molecular weight is 207 g/mol. The molecule has 1 atom stereocenters. The molecule has 0 amide bonds. The van der Waals surface area contributed by atoms with Gasteiger partial charge in [-0.1, -0.05) is 23.3 Å². The van der Waals surface area contributed by atoms with Crippen molar-refractivity contribution in [3.63, 3.8) is 0 Å². The number of allylic oxidation sites excluding steroid dienone is 4. The molecule has 0 aromatic carbocycles. The second-order valence-electron chi connectivity index (χ2n) is 4.09. The van der Waals surface area contributed by atoms with Crippen LogP contribution in [-0.4, -0.2) is 11.2 Å². The van der Waals surface area contributed by atoms with Crippen LogP contribution in [0.15, 0.2) is 23.3 Å². The Hall–Kier alpha value is -1.07. The van der Waals surface area contributed by atoms with Crippen LogP contribution in [0.4, 0.5) is 0 Å². The van der Waals surface area contributed by atoms with Gasteiger partial charge in [0.1, 0.15) is 6.10 Å². The third-order valence-electron chi connectivity index (χ3n) is 2.17. The highest BCUT2D eigenvalue weighted by atomic mass is 16.3. The molecule has 0 aliphatic carbocycles. The minimum atomic E-state index is -0.813. The first kappa shape index (κ1) is 13.9. The number of nitriles is 1. The summed E-state index contributed by atoms with van der Waals surface area (Å²) in [5.74, 6) is 0. The Labute approximate surface area is 92.9 Å². The highest BCUT2D eigenvalue weighted by Gasteiger charge is 1.98. The summed E-state index contributed by atoms with van der Waals surface area (Å²) in [5.41, 5.74) is 2.68. The van der Waals surface area contributed by atoms with Crippen molar-refractivity contribution in [2.75, 3.05) is 0 Å². The largest absolute Gasteiger partial charge is 0.378 e. The normalized spacial score (nSPS) is 13.1. The lowest BCUT2D eigenvalue weighted by atomic mass is 10.1. The number of aliphatic hydroxyl groups is 1. The molecule has 0 fully saturated rings. The second-order valence-corrected chi connectivity index (χ2v) is 4.09. The molecule has 0 rings (SSSR count). The Morgan fingerprint density at radius 2 is 1.93 bits per heavy atom. The molecule has 0 aliphatic rings. The molecule has 84 valence electrons. The Morgan fingerprint density at radius 3 is 2.47 bits per heavy atom. The van der Waals surface area contributed by atoms with Gasteiger partial charge >= 0.3 is 0 Å². The zero-order valence-electron chi connectivity index (χ0n) is 9.95. The van der Waals surface area contributed by atoms with Crippen LogP contribution < -0.4 is 0 Å². The lowest BCUT2D eigenvalue weighted by Crippen LogP contribution is -2.00. The first-order valence-electron chi connectivity index (χ1n) is 5.43. The summed E-state index contributed by atoms with van der Waals surface area (Å²) in [6, 6.07) is 1.81. The van der Waals surface area contributed by atoms with Crippen molar-refractivity contribution in [2.24, 2.45) is 0 Å². The predicted octanol–water partition coefficient (Wildman–Crippen LogP) is 3.34. The van der Waals surface area contributed by atoms with Gasteiger partial charge < -0.3 is 5.11 Å². The van der Waals surface area contributed by atoms with Gasteiger partial charge in [0.15, 0.2) is 0 Å². The molecule has 1 N–H and O–H groups in total. The van der Waals surface area contributed by atoms with Gasteiger partial charge in [-0.3, -0.25) is 0 Å². The van der Waals surface area contributed by atoms with Crippen LogP contribution in [0.3, 0.4) is 0 Å². The molecule has 2 nitrogen and oxygen atoms in total. The van der Waals surface area contributed by atoms with Crippen molar-refractivity contribution in [1.29, 1.82) is 5.26 Å². The molecular formula is C13H21NO. The van der Waals surface area contributed by atoms with Crippen molar-refractivity contribution in [3.8, 4) is 6.07 Å². The average Bonchev–Trinajstić information content (AvgIpc) is 2.17. The fraction of sp³-hybridized carbons (Fsp3) is 0.615. The molecule has 2 heteroatoms. The maximum absolute atomic E-state index is 9.02. The lowest BCUT2D eigenvalue weighted by molar-refractivity contribution is 0.221. The Balaban J connectivity index is 3.71. The third-order valence-corrected chi connectivity index (χ3v) is 2.17. The van der Waals surface area contributed by atoms with Gasteiger partial charge in [0.05, 0.1) is 6.07 Å². The maximum Gasteiger partial charge on any atom is 0.140 e. The summed E-state index contributed by atoms with van der Waals surface area (Å²) in [5, 5.41) is 17.4. The van der Waals surface area contributed by atoms with E-state index in [2.05, 4.69) is 32.9 Å². The Bertz CT molecular complexity index is 267. The lowest BCUT2D eigenvalue weighted by Gasteiger charge is -2.00. The van der Waals surface area contributed by atoms with E-state index in [-0.39, 0.29) is 0 Å². The van der Waals surface area contributed by atoms with E-state index in [4.69, 9.17) is 10.4 Å². The van der Waals surface area contributed by atoms with E-state index in [1.165, 1.54) is 11.1 Å². The van der Waals surface area contributed by atoms with Crippen molar-refractivity contribution in [2.45, 2.75) is 52.6 Å². The van der Waals surface area contributed by atoms with Crippen LogP contribution in [-0.2, 0) is 0 Å². The smallest absolute Gasteiger partial charge is 0.140 e. The van der Waals surface area contributed by atoms with E-state index in [0.29, 0.717) is 6.42 Å². The minimum absolute atomic E-state index is 0.538. The first-order chi connectivity index (χ1) is 7.06. The number of hydrogen-bond acceptors (Lipinski definition) is 2. The Morgan fingerprint density at radius 1 is 1.27 bits per heavy atom. The molecule has 15 heavy (non-hydrogen) atoms. The van der Waals surface area contributed by atoms with Gasteiger partial charge in [-0.2, -0.15) is 5.26 Å². The van der Waals surface area contributed by atoms with Crippen LogP contribution in [0, 0.1) is 11.3 Å². The van der Waals surface area contributed by atoms with Gasteiger partial charge in [0, 0.05) is 0 Å². The number of nitrogens with zero attached hydrogens (tertiary/aromatic N) is 1.